The van der Waals surface area contributed by atoms with Crippen molar-refractivity contribution < 1.29 is 19.4 Å². The van der Waals surface area contributed by atoms with Crippen molar-refractivity contribution in [1.82, 2.24) is 9.88 Å². The standard InChI is InChI=1S/C12H16N2O4S/c1-2-10-13-8(7-19-10)5-11(15)14-3-4-18-9(6-14)12(16)17/h7,9H,2-6H2,1H3,(H,16,17)/t9-/m0/s1. The first kappa shape index (κ1) is 14.0. The molecule has 1 amide bonds. The maximum Gasteiger partial charge on any atom is 0.334 e. The third-order valence-corrected chi connectivity index (χ3v) is 3.97. The van der Waals surface area contributed by atoms with Crippen LogP contribution in [0.4, 0.5) is 0 Å². The number of aliphatic carboxylic acids is 1. The molecule has 1 atom stereocenters. The molecule has 1 aromatic heterocycles. The highest BCUT2D eigenvalue weighted by molar-refractivity contribution is 7.09. The Morgan fingerprint density at radius 2 is 2.42 bits per heavy atom. The Hall–Kier alpha value is -1.47. The normalized spacial score (nSPS) is 19.4. The van der Waals surface area contributed by atoms with E-state index in [1.807, 2.05) is 12.3 Å². The quantitative estimate of drug-likeness (QED) is 0.874. The first-order chi connectivity index (χ1) is 9.10. The van der Waals surface area contributed by atoms with E-state index in [-0.39, 0.29) is 25.5 Å². The van der Waals surface area contributed by atoms with Gasteiger partial charge >= 0.3 is 5.97 Å². The molecule has 0 radical (unpaired) electrons. The smallest absolute Gasteiger partial charge is 0.334 e. The van der Waals surface area contributed by atoms with Gasteiger partial charge in [-0.2, -0.15) is 0 Å². The highest BCUT2D eigenvalue weighted by Crippen LogP contribution is 2.13. The molecule has 0 unspecified atom stereocenters. The molecule has 1 aromatic rings. The highest BCUT2D eigenvalue weighted by Gasteiger charge is 2.29. The first-order valence-corrected chi connectivity index (χ1v) is 7.03. The van der Waals surface area contributed by atoms with Crippen molar-refractivity contribution in [1.29, 1.82) is 0 Å². The average molecular weight is 284 g/mol. The maximum atomic E-state index is 12.1. The lowest BCUT2D eigenvalue weighted by Crippen LogP contribution is -2.49. The number of nitrogens with zero attached hydrogens (tertiary/aromatic N) is 2. The van der Waals surface area contributed by atoms with Crippen LogP contribution in [-0.4, -0.2) is 52.7 Å². The lowest BCUT2D eigenvalue weighted by molar-refractivity contribution is -0.159. The average Bonchev–Trinajstić information content (AvgIpc) is 2.86. The van der Waals surface area contributed by atoms with E-state index in [0.717, 1.165) is 17.1 Å². The number of carbonyl (C=O) groups excluding carboxylic acids is 1. The second-order valence-corrected chi connectivity index (χ2v) is 5.24. The highest BCUT2D eigenvalue weighted by atomic mass is 32.1. The number of hydrogen-bond donors (Lipinski definition) is 1. The van der Waals surface area contributed by atoms with Crippen LogP contribution < -0.4 is 0 Å². The van der Waals surface area contributed by atoms with Gasteiger partial charge in [-0.25, -0.2) is 9.78 Å². The number of ether oxygens (including phenoxy) is 1. The molecule has 1 fully saturated rings. The number of aryl methyl sites for hydroxylation is 1. The molecule has 2 rings (SSSR count). The van der Waals surface area contributed by atoms with Gasteiger partial charge in [0.15, 0.2) is 6.10 Å². The summed E-state index contributed by atoms with van der Waals surface area (Å²) in [6, 6.07) is 0. The second kappa shape index (κ2) is 6.12. The maximum absolute atomic E-state index is 12.1. The number of amides is 1. The van der Waals surface area contributed by atoms with Crippen LogP contribution in [0.1, 0.15) is 17.6 Å². The van der Waals surface area contributed by atoms with E-state index >= 15 is 0 Å². The van der Waals surface area contributed by atoms with Gasteiger partial charge in [-0.05, 0) is 6.42 Å². The molecule has 6 nitrogen and oxygen atoms in total. The molecule has 1 aliphatic rings. The zero-order chi connectivity index (χ0) is 13.8. The van der Waals surface area contributed by atoms with Crippen LogP contribution in [-0.2, 0) is 27.2 Å². The Bertz CT molecular complexity index is 474. The van der Waals surface area contributed by atoms with Crippen molar-refractivity contribution in [3.63, 3.8) is 0 Å². The van der Waals surface area contributed by atoms with E-state index in [2.05, 4.69) is 4.98 Å². The van der Waals surface area contributed by atoms with Gasteiger partial charge in [0, 0.05) is 11.9 Å². The first-order valence-electron chi connectivity index (χ1n) is 6.15. The third-order valence-electron chi connectivity index (χ3n) is 2.93. The Morgan fingerprint density at radius 3 is 3.05 bits per heavy atom. The number of aromatic nitrogens is 1. The molecule has 1 aliphatic heterocycles. The summed E-state index contributed by atoms with van der Waals surface area (Å²) in [6.07, 6.45) is 0.166. The van der Waals surface area contributed by atoms with Crippen molar-refractivity contribution in [3.05, 3.63) is 16.1 Å². The fourth-order valence-electron chi connectivity index (χ4n) is 1.88. The van der Waals surface area contributed by atoms with Crippen molar-refractivity contribution in [2.45, 2.75) is 25.9 Å². The summed E-state index contributed by atoms with van der Waals surface area (Å²) in [5.74, 6) is -1.12. The monoisotopic (exact) mass is 284 g/mol. The Morgan fingerprint density at radius 1 is 1.63 bits per heavy atom. The molecule has 0 spiro atoms. The fraction of sp³-hybridized carbons (Fsp3) is 0.583. The van der Waals surface area contributed by atoms with Gasteiger partial charge in [-0.3, -0.25) is 4.79 Å². The minimum absolute atomic E-state index is 0.0949. The van der Waals surface area contributed by atoms with Gasteiger partial charge < -0.3 is 14.7 Å². The van der Waals surface area contributed by atoms with Gasteiger partial charge in [0.1, 0.15) is 0 Å². The number of carboxylic acid groups (broad SMARTS) is 1. The van der Waals surface area contributed by atoms with Gasteiger partial charge in [0.25, 0.3) is 0 Å². The molecular formula is C12H16N2O4S. The second-order valence-electron chi connectivity index (χ2n) is 4.30. The van der Waals surface area contributed by atoms with Crippen LogP contribution in [0.3, 0.4) is 0 Å². The van der Waals surface area contributed by atoms with Crippen LogP contribution in [0.5, 0.6) is 0 Å². The third kappa shape index (κ3) is 3.51. The van der Waals surface area contributed by atoms with Crippen LogP contribution in [0.15, 0.2) is 5.38 Å². The molecule has 7 heteroatoms. The van der Waals surface area contributed by atoms with Crippen molar-refractivity contribution in [3.8, 4) is 0 Å². The summed E-state index contributed by atoms with van der Waals surface area (Å²) in [6.45, 7) is 2.83. The minimum Gasteiger partial charge on any atom is -0.479 e. The molecule has 19 heavy (non-hydrogen) atoms. The zero-order valence-corrected chi connectivity index (χ0v) is 11.5. The van der Waals surface area contributed by atoms with Crippen molar-refractivity contribution in [2.24, 2.45) is 0 Å². The molecule has 0 aromatic carbocycles. The van der Waals surface area contributed by atoms with Crippen LogP contribution in [0.25, 0.3) is 0 Å². The zero-order valence-electron chi connectivity index (χ0n) is 10.7. The Balaban J connectivity index is 1.93. The van der Waals surface area contributed by atoms with Gasteiger partial charge in [0.2, 0.25) is 5.91 Å². The molecule has 0 saturated carbocycles. The van der Waals surface area contributed by atoms with Crippen molar-refractivity contribution in [2.75, 3.05) is 19.7 Å². The minimum atomic E-state index is -1.03. The van der Waals surface area contributed by atoms with Crippen molar-refractivity contribution >= 4 is 23.2 Å². The lowest BCUT2D eigenvalue weighted by atomic mass is 10.2. The summed E-state index contributed by atoms with van der Waals surface area (Å²) in [5, 5.41) is 11.8. The van der Waals surface area contributed by atoms with Gasteiger partial charge in [0.05, 0.1) is 30.3 Å². The Labute approximate surface area is 115 Å². The summed E-state index contributed by atoms with van der Waals surface area (Å²) in [7, 11) is 0. The number of hydrogen-bond acceptors (Lipinski definition) is 5. The van der Waals surface area contributed by atoms with E-state index in [0.29, 0.717) is 6.54 Å². The SMILES string of the molecule is CCc1nc(CC(=O)N2CCO[C@H](C(=O)O)C2)cs1. The molecule has 1 saturated heterocycles. The fourth-order valence-corrected chi connectivity index (χ4v) is 2.63. The van der Waals surface area contributed by atoms with E-state index in [4.69, 9.17) is 9.84 Å². The number of morpholine rings is 1. The van der Waals surface area contributed by atoms with Crippen LogP contribution in [0, 0.1) is 0 Å². The molecule has 1 N–H and O–H groups in total. The van der Waals surface area contributed by atoms with Gasteiger partial charge in [-0.15, -0.1) is 11.3 Å². The van der Waals surface area contributed by atoms with E-state index in [1.54, 1.807) is 11.3 Å². The van der Waals surface area contributed by atoms with E-state index in [1.165, 1.54) is 4.90 Å². The van der Waals surface area contributed by atoms with Crippen LogP contribution >= 0.6 is 11.3 Å². The number of carboxylic acids is 1. The largest absolute Gasteiger partial charge is 0.479 e. The lowest BCUT2D eigenvalue weighted by Gasteiger charge is -2.30. The molecule has 2 heterocycles. The Kier molecular flexibility index (Phi) is 4.49. The predicted octanol–water partition coefficient (Wildman–Crippen LogP) is 0.560. The topological polar surface area (TPSA) is 79.7 Å². The van der Waals surface area contributed by atoms with E-state index < -0.39 is 12.1 Å². The summed E-state index contributed by atoms with van der Waals surface area (Å²) in [5.41, 5.74) is 0.755. The summed E-state index contributed by atoms with van der Waals surface area (Å²) < 4.78 is 5.08. The number of rotatable bonds is 4. The molecule has 0 bridgehead atoms. The molecule has 0 aliphatic carbocycles. The molecular weight excluding hydrogens is 268 g/mol. The summed E-state index contributed by atoms with van der Waals surface area (Å²) >= 11 is 1.54. The van der Waals surface area contributed by atoms with Crippen LogP contribution in [0.2, 0.25) is 0 Å². The molecule has 104 valence electrons. The van der Waals surface area contributed by atoms with E-state index in [9.17, 15) is 9.59 Å². The number of thiazole rings is 1. The summed E-state index contributed by atoms with van der Waals surface area (Å²) in [4.78, 5) is 28.8. The predicted molar refractivity (Wildman–Crippen MR) is 69.2 cm³/mol. The van der Waals surface area contributed by atoms with Gasteiger partial charge in [-0.1, -0.05) is 6.92 Å². The number of carbonyl (C=O) groups is 2.